The summed E-state index contributed by atoms with van der Waals surface area (Å²) in [6.45, 7) is 7.57. The molecule has 1 heterocycles. The van der Waals surface area contributed by atoms with E-state index in [1.54, 1.807) is 6.07 Å². The van der Waals surface area contributed by atoms with E-state index >= 15 is 0 Å². The Hall–Kier alpha value is -1.72. The minimum Gasteiger partial charge on any atom is -0.426 e. The molecule has 22 heavy (non-hydrogen) atoms. The molecule has 0 amide bonds. The summed E-state index contributed by atoms with van der Waals surface area (Å²) in [4.78, 5) is 28.1. The zero-order chi connectivity index (χ0) is 16.1. The average molecular weight is 304 g/mol. The molecule has 5 heteroatoms. The Morgan fingerprint density at radius 3 is 2.45 bits per heavy atom. The Morgan fingerprint density at radius 1 is 1.18 bits per heavy atom. The SMILES string of the molecule is CCc1ccc(C(=O)CN2CCN(C)CC2)cc1OC(C)=O. The number of likely N-dealkylation sites (N-methyl/N-ethyl adjacent to an activating group) is 1. The monoisotopic (exact) mass is 304 g/mol. The maximum Gasteiger partial charge on any atom is 0.308 e. The second-order valence-electron chi connectivity index (χ2n) is 5.77. The third-order valence-corrected chi connectivity index (χ3v) is 3.99. The molecule has 0 N–H and O–H groups in total. The molecule has 5 nitrogen and oxygen atoms in total. The highest BCUT2D eigenvalue weighted by Gasteiger charge is 2.18. The van der Waals surface area contributed by atoms with Crippen LogP contribution in [0.3, 0.4) is 0 Å². The van der Waals surface area contributed by atoms with Crippen LogP contribution in [0.4, 0.5) is 0 Å². The maximum absolute atomic E-state index is 12.4. The number of hydrogen-bond acceptors (Lipinski definition) is 5. The molecule has 0 bridgehead atoms. The number of benzene rings is 1. The molecule has 0 aromatic heterocycles. The van der Waals surface area contributed by atoms with Gasteiger partial charge in [0, 0.05) is 38.7 Å². The summed E-state index contributed by atoms with van der Waals surface area (Å²) in [5.41, 5.74) is 1.54. The van der Waals surface area contributed by atoms with Gasteiger partial charge in [-0.1, -0.05) is 19.1 Å². The van der Waals surface area contributed by atoms with E-state index in [-0.39, 0.29) is 11.8 Å². The number of carbonyl (C=O) groups excluding carboxylic acids is 2. The molecule has 1 aromatic carbocycles. The Kier molecular flexibility index (Phi) is 5.69. The summed E-state index contributed by atoms with van der Waals surface area (Å²) < 4.78 is 5.22. The van der Waals surface area contributed by atoms with Crippen LogP contribution in [-0.4, -0.2) is 61.3 Å². The molecule has 1 aliphatic heterocycles. The first-order chi connectivity index (χ1) is 10.5. The number of carbonyl (C=O) groups is 2. The lowest BCUT2D eigenvalue weighted by Gasteiger charge is -2.31. The van der Waals surface area contributed by atoms with E-state index in [0.29, 0.717) is 17.9 Å². The van der Waals surface area contributed by atoms with Crippen LogP contribution in [0.15, 0.2) is 18.2 Å². The summed E-state index contributed by atoms with van der Waals surface area (Å²) in [6, 6.07) is 5.39. The van der Waals surface area contributed by atoms with Crippen molar-refractivity contribution >= 4 is 11.8 Å². The molecule has 0 saturated carbocycles. The van der Waals surface area contributed by atoms with Crippen LogP contribution in [-0.2, 0) is 11.2 Å². The number of aryl methyl sites for hydroxylation is 1. The number of esters is 1. The summed E-state index contributed by atoms with van der Waals surface area (Å²) in [7, 11) is 2.09. The first-order valence-corrected chi connectivity index (χ1v) is 7.75. The smallest absolute Gasteiger partial charge is 0.308 e. The second kappa shape index (κ2) is 7.51. The first kappa shape index (κ1) is 16.6. The molecule has 2 rings (SSSR count). The van der Waals surface area contributed by atoms with Gasteiger partial charge >= 0.3 is 5.97 Å². The van der Waals surface area contributed by atoms with Gasteiger partial charge in [0.15, 0.2) is 5.78 Å². The first-order valence-electron chi connectivity index (χ1n) is 7.75. The molecular weight excluding hydrogens is 280 g/mol. The highest BCUT2D eigenvalue weighted by atomic mass is 16.5. The van der Waals surface area contributed by atoms with Crippen LogP contribution in [0, 0.1) is 0 Å². The lowest BCUT2D eigenvalue weighted by molar-refractivity contribution is -0.131. The van der Waals surface area contributed by atoms with Crippen molar-refractivity contribution in [2.24, 2.45) is 0 Å². The summed E-state index contributed by atoms with van der Waals surface area (Å²) in [5.74, 6) is 0.207. The highest BCUT2D eigenvalue weighted by Crippen LogP contribution is 2.22. The number of piperazine rings is 1. The van der Waals surface area contributed by atoms with E-state index in [1.165, 1.54) is 6.92 Å². The molecule has 0 atom stereocenters. The number of ether oxygens (including phenoxy) is 1. The van der Waals surface area contributed by atoms with Gasteiger partial charge < -0.3 is 9.64 Å². The molecule has 1 aliphatic rings. The predicted molar refractivity (Wildman–Crippen MR) is 85.4 cm³/mol. The van der Waals surface area contributed by atoms with Crippen molar-refractivity contribution in [2.75, 3.05) is 39.8 Å². The Labute approximate surface area is 131 Å². The predicted octanol–water partition coefficient (Wildman–Crippen LogP) is 1.60. The van der Waals surface area contributed by atoms with Crippen molar-refractivity contribution in [1.82, 2.24) is 9.80 Å². The lowest BCUT2D eigenvalue weighted by atomic mass is 10.0. The third kappa shape index (κ3) is 4.39. The van der Waals surface area contributed by atoms with Crippen molar-refractivity contribution < 1.29 is 14.3 Å². The maximum atomic E-state index is 12.4. The molecule has 120 valence electrons. The standard InChI is InChI=1S/C17H24N2O3/c1-4-14-5-6-15(11-17(14)22-13(2)20)16(21)12-19-9-7-18(3)8-10-19/h5-6,11H,4,7-10,12H2,1-3H3. The van der Waals surface area contributed by atoms with E-state index in [1.807, 2.05) is 19.1 Å². The third-order valence-electron chi connectivity index (χ3n) is 3.99. The van der Waals surface area contributed by atoms with E-state index < -0.39 is 0 Å². The van der Waals surface area contributed by atoms with Gasteiger partial charge in [0.2, 0.25) is 0 Å². The Balaban J connectivity index is 2.07. The summed E-state index contributed by atoms with van der Waals surface area (Å²) >= 11 is 0. The van der Waals surface area contributed by atoms with Crippen LogP contribution in [0.1, 0.15) is 29.8 Å². The minimum atomic E-state index is -0.363. The number of ketones is 1. The second-order valence-corrected chi connectivity index (χ2v) is 5.77. The van der Waals surface area contributed by atoms with Gasteiger partial charge in [-0.15, -0.1) is 0 Å². The molecule has 0 radical (unpaired) electrons. The van der Waals surface area contributed by atoms with Crippen LogP contribution in [0.2, 0.25) is 0 Å². The van der Waals surface area contributed by atoms with Crippen molar-refractivity contribution in [3.63, 3.8) is 0 Å². The van der Waals surface area contributed by atoms with Crippen molar-refractivity contribution in [3.05, 3.63) is 29.3 Å². The van der Waals surface area contributed by atoms with Gasteiger partial charge in [0.05, 0.1) is 6.54 Å². The fourth-order valence-corrected chi connectivity index (χ4v) is 2.57. The highest BCUT2D eigenvalue weighted by molar-refractivity contribution is 5.98. The zero-order valence-corrected chi connectivity index (χ0v) is 13.6. The fourth-order valence-electron chi connectivity index (χ4n) is 2.57. The fraction of sp³-hybridized carbons (Fsp3) is 0.529. The van der Waals surface area contributed by atoms with Gasteiger partial charge in [-0.2, -0.15) is 0 Å². The molecule has 1 fully saturated rings. The van der Waals surface area contributed by atoms with E-state index in [0.717, 1.165) is 38.2 Å². The topological polar surface area (TPSA) is 49.9 Å². The molecule has 0 aliphatic carbocycles. The van der Waals surface area contributed by atoms with Crippen molar-refractivity contribution in [3.8, 4) is 5.75 Å². The molecule has 0 spiro atoms. The van der Waals surface area contributed by atoms with Crippen LogP contribution in [0.5, 0.6) is 5.75 Å². The van der Waals surface area contributed by atoms with Gasteiger partial charge in [-0.05, 0) is 25.1 Å². The molecule has 0 unspecified atom stereocenters. The van der Waals surface area contributed by atoms with Crippen LogP contribution in [0.25, 0.3) is 0 Å². The molecule has 1 aromatic rings. The summed E-state index contributed by atoms with van der Waals surface area (Å²) in [6.07, 6.45) is 0.759. The number of nitrogens with zero attached hydrogens (tertiary/aromatic N) is 2. The quantitative estimate of drug-likeness (QED) is 0.470. The average Bonchev–Trinajstić information content (AvgIpc) is 2.49. The van der Waals surface area contributed by atoms with Crippen molar-refractivity contribution in [1.29, 1.82) is 0 Å². The lowest BCUT2D eigenvalue weighted by Crippen LogP contribution is -2.46. The van der Waals surface area contributed by atoms with E-state index in [2.05, 4.69) is 16.8 Å². The number of hydrogen-bond donors (Lipinski definition) is 0. The normalized spacial score (nSPS) is 16.5. The number of Topliss-reactive ketones (excluding diaryl/α,β-unsaturated/α-hetero) is 1. The van der Waals surface area contributed by atoms with E-state index in [4.69, 9.17) is 4.74 Å². The Morgan fingerprint density at radius 2 is 1.86 bits per heavy atom. The van der Waals surface area contributed by atoms with Crippen molar-refractivity contribution in [2.45, 2.75) is 20.3 Å². The van der Waals surface area contributed by atoms with Crippen LogP contribution < -0.4 is 4.74 Å². The van der Waals surface area contributed by atoms with Crippen LogP contribution >= 0.6 is 0 Å². The number of rotatable bonds is 5. The Bertz CT molecular complexity index is 549. The zero-order valence-electron chi connectivity index (χ0n) is 13.6. The molecular formula is C17H24N2O3. The largest absolute Gasteiger partial charge is 0.426 e. The van der Waals surface area contributed by atoms with Gasteiger partial charge in [-0.3, -0.25) is 14.5 Å². The molecule has 1 saturated heterocycles. The van der Waals surface area contributed by atoms with E-state index in [9.17, 15) is 9.59 Å². The van der Waals surface area contributed by atoms with Gasteiger partial charge in [0.1, 0.15) is 5.75 Å². The minimum absolute atomic E-state index is 0.0700. The van der Waals surface area contributed by atoms with Gasteiger partial charge in [-0.25, -0.2) is 0 Å². The summed E-state index contributed by atoms with van der Waals surface area (Å²) in [5, 5.41) is 0. The van der Waals surface area contributed by atoms with Gasteiger partial charge in [0.25, 0.3) is 0 Å².